The van der Waals surface area contributed by atoms with E-state index in [1.165, 1.54) is 6.42 Å². The maximum atomic E-state index is 4.54. The van der Waals surface area contributed by atoms with Gasteiger partial charge >= 0.3 is 0 Å². The first-order valence-corrected chi connectivity index (χ1v) is 8.26. The zero-order valence-corrected chi connectivity index (χ0v) is 15.0. The van der Waals surface area contributed by atoms with Gasteiger partial charge in [0.25, 0.3) is 0 Å². The van der Waals surface area contributed by atoms with E-state index in [9.17, 15) is 0 Å². The van der Waals surface area contributed by atoms with Gasteiger partial charge in [0.05, 0.1) is 12.2 Å². The van der Waals surface area contributed by atoms with Crippen LogP contribution in [-0.2, 0) is 6.54 Å². The third-order valence-corrected chi connectivity index (χ3v) is 4.04. The molecule has 0 atom stereocenters. The van der Waals surface area contributed by atoms with Crippen molar-refractivity contribution in [2.24, 2.45) is 10.4 Å². The first-order valence-electron chi connectivity index (χ1n) is 7.38. The van der Waals surface area contributed by atoms with Crippen LogP contribution < -0.4 is 15.5 Å². The molecule has 0 saturated heterocycles. The summed E-state index contributed by atoms with van der Waals surface area (Å²) >= 11 is 1.66. The predicted octanol–water partition coefficient (Wildman–Crippen LogP) is 2.70. The van der Waals surface area contributed by atoms with E-state index >= 15 is 0 Å². The fourth-order valence-corrected chi connectivity index (χ4v) is 2.56. The van der Waals surface area contributed by atoms with E-state index in [2.05, 4.69) is 46.8 Å². The second-order valence-corrected chi connectivity index (χ2v) is 7.37. The summed E-state index contributed by atoms with van der Waals surface area (Å²) in [6.45, 7) is 8.44. The SMILES string of the molecule is CN=C(NCCCC(C)(C)C)NCc1csc(N(C)C)n1. The number of nitrogens with zero attached hydrogens (tertiary/aromatic N) is 3. The van der Waals surface area contributed by atoms with Crippen molar-refractivity contribution < 1.29 is 0 Å². The largest absolute Gasteiger partial charge is 0.356 e. The molecule has 0 spiro atoms. The lowest BCUT2D eigenvalue weighted by Gasteiger charge is -2.18. The number of thiazole rings is 1. The number of nitrogens with one attached hydrogen (secondary N) is 2. The Morgan fingerprint density at radius 3 is 2.57 bits per heavy atom. The van der Waals surface area contributed by atoms with Gasteiger partial charge in [0.15, 0.2) is 11.1 Å². The molecule has 0 saturated carbocycles. The van der Waals surface area contributed by atoms with Crippen LogP contribution in [0, 0.1) is 5.41 Å². The Morgan fingerprint density at radius 2 is 2.05 bits per heavy atom. The molecule has 1 rings (SSSR count). The summed E-state index contributed by atoms with van der Waals surface area (Å²) in [6, 6.07) is 0. The molecule has 0 aliphatic rings. The molecule has 0 aromatic carbocycles. The zero-order valence-electron chi connectivity index (χ0n) is 14.2. The van der Waals surface area contributed by atoms with Crippen molar-refractivity contribution in [1.82, 2.24) is 15.6 Å². The lowest BCUT2D eigenvalue weighted by Crippen LogP contribution is -2.37. The fourth-order valence-electron chi connectivity index (χ4n) is 1.80. The Bertz CT molecular complexity index is 445. The summed E-state index contributed by atoms with van der Waals surface area (Å²) < 4.78 is 0. The standard InChI is InChI=1S/C15H29N5S/c1-15(2,3)8-7-9-17-13(16-4)18-10-12-11-21-14(19-12)20(5)6/h11H,7-10H2,1-6H3,(H2,16,17,18). The molecule has 0 radical (unpaired) electrons. The van der Waals surface area contributed by atoms with Gasteiger partial charge in [-0.3, -0.25) is 4.99 Å². The highest BCUT2D eigenvalue weighted by molar-refractivity contribution is 7.13. The minimum atomic E-state index is 0.391. The van der Waals surface area contributed by atoms with Crippen LogP contribution in [0.25, 0.3) is 0 Å². The Labute approximate surface area is 132 Å². The van der Waals surface area contributed by atoms with Crippen molar-refractivity contribution in [3.05, 3.63) is 11.1 Å². The van der Waals surface area contributed by atoms with Crippen LogP contribution in [0.2, 0.25) is 0 Å². The van der Waals surface area contributed by atoms with Gasteiger partial charge in [-0.2, -0.15) is 0 Å². The van der Waals surface area contributed by atoms with Crippen molar-refractivity contribution in [3.8, 4) is 0 Å². The van der Waals surface area contributed by atoms with E-state index in [0.717, 1.165) is 29.8 Å². The predicted molar refractivity (Wildman–Crippen MR) is 93.3 cm³/mol. The second-order valence-electron chi connectivity index (χ2n) is 6.53. The summed E-state index contributed by atoms with van der Waals surface area (Å²) in [7, 11) is 5.81. The highest BCUT2D eigenvalue weighted by atomic mass is 32.1. The number of rotatable bonds is 6. The minimum Gasteiger partial charge on any atom is -0.356 e. The topological polar surface area (TPSA) is 52.6 Å². The van der Waals surface area contributed by atoms with Crippen LogP contribution in [0.3, 0.4) is 0 Å². The highest BCUT2D eigenvalue weighted by Crippen LogP contribution is 2.19. The molecule has 1 aromatic rings. The molecule has 120 valence electrons. The van der Waals surface area contributed by atoms with Crippen LogP contribution in [0.4, 0.5) is 5.13 Å². The smallest absolute Gasteiger partial charge is 0.191 e. The average Bonchev–Trinajstić information content (AvgIpc) is 2.85. The zero-order chi connectivity index (χ0) is 15.9. The number of anilines is 1. The molecule has 0 amide bonds. The van der Waals surface area contributed by atoms with Crippen molar-refractivity contribution in [1.29, 1.82) is 0 Å². The fraction of sp³-hybridized carbons (Fsp3) is 0.733. The molecule has 0 bridgehead atoms. The van der Waals surface area contributed by atoms with E-state index < -0.39 is 0 Å². The summed E-state index contributed by atoms with van der Waals surface area (Å²) in [5, 5.41) is 9.75. The molecule has 6 heteroatoms. The molecule has 1 aromatic heterocycles. The number of aromatic nitrogens is 1. The van der Waals surface area contributed by atoms with E-state index in [0.29, 0.717) is 12.0 Å². The van der Waals surface area contributed by atoms with Crippen LogP contribution >= 0.6 is 11.3 Å². The quantitative estimate of drug-likeness (QED) is 0.482. The molecule has 0 fully saturated rings. The Hall–Kier alpha value is -1.30. The normalized spacial score (nSPS) is 12.4. The van der Waals surface area contributed by atoms with Crippen LogP contribution in [0.15, 0.2) is 10.4 Å². The molecule has 2 N–H and O–H groups in total. The molecule has 0 aliphatic heterocycles. The van der Waals surface area contributed by atoms with Gasteiger partial charge in [-0.1, -0.05) is 20.8 Å². The maximum absolute atomic E-state index is 4.54. The molecule has 21 heavy (non-hydrogen) atoms. The summed E-state index contributed by atoms with van der Waals surface area (Å²) in [6.07, 6.45) is 2.35. The Morgan fingerprint density at radius 1 is 1.33 bits per heavy atom. The van der Waals surface area contributed by atoms with Crippen molar-refractivity contribution in [3.63, 3.8) is 0 Å². The molecule has 1 heterocycles. The van der Waals surface area contributed by atoms with Crippen LogP contribution in [-0.4, -0.2) is 38.6 Å². The van der Waals surface area contributed by atoms with Gasteiger partial charge in [-0.15, -0.1) is 11.3 Å². The van der Waals surface area contributed by atoms with E-state index in [4.69, 9.17) is 0 Å². The number of hydrogen-bond donors (Lipinski definition) is 2. The first-order chi connectivity index (χ1) is 9.81. The van der Waals surface area contributed by atoms with Crippen molar-refractivity contribution >= 4 is 22.4 Å². The van der Waals surface area contributed by atoms with Crippen molar-refractivity contribution in [2.45, 2.75) is 40.2 Å². The Kier molecular flexibility index (Phi) is 6.95. The molecule has 0 aliphatic carbocycles. The Balaban J connectivity index is 2.31. The second kappa shape index (κ2) is 8.22. The molecule has 0 unspecified atom stereocenters. The lowest BCUT2D eigenvalue weighted by atomic mass is 9.91. The van der Waals surface area contributed by atoms with Gasteiger partial charge in [-0.25, -0.2) is 4.98 Å². The van der Waals surface area contributed by atoms with Gasteiger partial charge < -0.3 is 15.5 Å². The number of aliphatic imine (C=N–C) groups is 1. The third-order valence-electron chi connectivity index (χ3n) is 2.98. The number of guanidine groups is 1. The van der Waals surface area contributed by atoms with E-state index in [-0.39, 0.29) is 0 Å². The summed E-state index contributed by atoms with van der Waals surface area (Å²) in [5.41, 5.74) is 1.43. The molecular weight excluding hydrogens is 282 g/mol. The van der Waals surface area contributed by atoms with E-state index in [1.54, 1.807) is 18.4 Å². The van der Waals surface area contributed by atoms with Gasteiger partial charge in [0.2, 0.25) is 0 Å². The van der Waals surface area contributed by atoms with E-state index in [1.807, 2.05) is 19.0 Å². The number of hydrogen-bond acceptors (Lipinski definition) is 4. The highest BCUT2D eigenvalue weighted by Gasteiger charge is 2.09. The monoisotopic (exact) mass is 311 g/mol. The third kappa shape index (κ3) is 7.32. The molecular formula is C15H29N5S. The van der Waals surface area contributed by atoms with Crippen LogP contribution in [0.1, 0.15) is 39.3 Å². The lowest BCUT2D eigenvalue weighted by molar-refractivity contribution is 0.365. The maximum Gasteiger partial charge on any atom is 0.191 e. The summed E-state index contributed by atoms with van der Waals surface area (Å²) in [5.74, 6) is 0.836. The van der Waals surface area contributed by atoms with Crippen molar-refractivity contribution in [2.75, 3.05) is 32.6 Å². The first kappa shape index (κ1) is 17.8. The van der Waals surface area contributed by atoms with Gasteiger partial charge in [0, 0.05) is 33.1 Å². The van der Waals surface area contributed by atoms with Gasteiger partial charge in [-0.05, 0) is 18.3 Å². The van der Waals surface area contributed by atoms with Crippen LogP contribution in [0.5, 0.6) is 0 Å². The average molecular weight is 311 g/mol. The molecule has 5 nitrogen and oxygen atoms in total. The summed E-state index contributed by atoms with van der Waals surface area (Å²) in [4.78, 5) is 10.8. The van der Waals surface area contributed by atoms with Gasteiger partial charge in [0.1, 0.15) is 0 Å². The minimum absolute atomic E-state index is 0.391.